The number of hydrogen-bond acceptors (Lipinski definition) is 6. The number of benzene rings is 2. The Morgan fingerprint density at radius 2 is 1.07 bits per heavy atom. The predicted molar refractivity (Wildman–Crippen MR) is 105 cm³/mol. The minimum Gasteiger partial charge on any atom is -0.478 e. The number of aromatic carboxylic acids is 1. The first-order valence-electron chi connectivity index (χ1n) is 7.33. The first kappa shape index (κ1) is 23.3. The summed E-state index contributed by atoms with van der Waals surface area (Å²) in [6, 6.07) is 10.3. The normalized spacial score (nSPS) is 10.9. The lowest BCUT2D eigenvalue weighted by atomic mass is 10.2. The van der Waals surface area contributed by atoms with Gasteiger partial charge < -0.3 is 5.11 Å². The molecule has 0 aliphatic carbocycles. The molecule has 0 aromatic heterocycles. The maximum Gasteiger partial charge on any atom is 0.335 e. The van der Waals surface area contributed by atoms with Crippen LogP contribution in [0.4, 0.5) is 0 Å². The van der Waals surface area contributed by atoms with Crippen molar-refractivity contribution in [2.75, 3.05) is 0 Å². The van der Waals surface area contributed by atoms with Crippen LogP contribution < -0.4 is 0 Å². The van der Waals surface area contributed by atoms with Crippen molar-refractivity contribution in [3.63, 3.8) is 0 Å². The third kappa shape index (κ3) is 6.15. The molecule has 28 heavy (non-hydrogen) atoms. The fourth-order valence-electron chi connectivity index (χ4n) is 1.76. The predicted octanol–water partition coefficient (Wildman–Crippen LogP) is 3.28. The number of halogens is 1. The van der Waals surface area contributed by atoms with Crippen LogP contribution in [-0.2, 0) is 19.7 Å². The van der Waals surface area contributed by atoms with Crippen LogP contribution in [0.5, 0.6) is 0 Å². The minimum absolute atomic E-state index is 0.0394. The van der Waals surface area contributed by atoms with E-state index in [2.05, 4.69) is 13.2 Å². The summed E-state index contributed by atoms with van der Waals surface area (Å²) in [5.74, 6) is -1.09. The SMILES string of the molecule is C=CS(=O)(=O)c1ccc(C(=O)Cl)cc1.C=CS(=O)(=O)c1ccc(C(=O)O)cc1. The zero-order chi connectivity index (χ0) is 21.5. The molecule has 0 aliphatic heterocycles. The van der Waals surface area contributed by atoms with Crippen LogP contribution >= 0.6 is 11.6 Å². The number of rotatable bonds is 6. The van der Waals surface area contributed by atoms with Crippen molar-refractivity contribution >= 4 is 42.5 Å². The van der Waals surface area contributed by atoms with E-state index in [1.165, 1.54) is 48.5 Å². The largest absolute Gasteiger partial charge is 0.478 e. The Balaban J connectivity index is 0.000000280. The second kappa shape index (κ2) is 9.45. The van der Waals surface area contributed by atoms with Crippen molar-refractivity contribution in [2.24, 2.45) is 0 Å². The van der Waals surface area contributed by atoms with Gasteiger partial charge in [-0.3, -0.25) is 4.79 Å². The average Bonchev–Trinajstić information content (AvgIpc) is 2.68. The molecule has 7 nitrogen and oxygen atoms in total. The molecule has 0 heterocycles. The highest BCUT2D eigenvalue weighted by Crippen LogP contribution is 2.14. The lowest BCUT2D eigenvalue weighted by Gasteiger charge is -1.98. The monoisotopic (exact) mass is 442 g/mol. The van der Waals surface area contributed by atoms with Gasteiger partial charge in [-0.2, -0.15) is 0 Å². The third-order valence-electron chi connectivity index (χ3n) is 3.28. The van der Waals surface area contributed by atoms with Crippen molar-refractivity contribution in [2.45, 2.75) is 9.79 Å². The molecule has 2 aromatic rings. The van der Waals surface area contributed by atoms with E-state index in [-0.39, 0.29) is 20.9 Å². The number of sulfone groups is 2. The summed E-state index contributed by atoms with van der Waals surface area (Å²) in [6.07, 6.45) is 0. The molecular weight excluding hydrogens is 428 g/mol. The topological polar surface area (TPSA) is 123 Å². The highest BCUT2D eigenvalue weighted by atomic mass is 35.5. The quantitative estimate of drug-likeness (QED) is 0.681. The van der Waals surface area contributed by atoms with Crippen molar-refractivity contribution in [1.82, 2.24) is 0 Å². The van der Waals surface area contributed by atoms with Gasteiger partial charge in [0.2, 0.25) is 0 Å². The second-order valence-electron chi connectivity index (χ2n) is 5.05. The molecule has 148 valence electrons. The molecule has 0 spiro atoms. The Morgan fingerprint density at radius 3 is 1.32 bits per heavy atom. The van der Waals surface area contributed by atoms with E-state index in [0.717, 1.165) is 10.8 Å². The van der Waals surface area contributed by atoms with E-state index in [4.69, 9.17) is 16.7 Å². The van der Waals surface area contributed by atoms with Gasteiger partial charge in [-0.05, 0) is 60.1 Å². The fourth-order valence-corrected chi connectivity index (χ4v) is 3.30. The minimum atomic E-state index is -3.47. The van der Waals surface area contributed by atoms with Crippen LogP contribution in [0.3, 0.4) is 0 Å². The van der Waals surface area contributed by atoms with Gasteiger partial charge in [0, 0.05) is 16.4 Å². The molecule has 0 saturated heterocycles. The number of carboxylic acids is 1. The molecular formula is C18H15ClO7S2. The van der Waals surface area contributed by atoms with Crippen LogP contribution in [0, 0.1) is 0 Å². The van der Waals surface area contributed by atoms with Crippen LogP contribution in [0.1, 0.15) is 20.7 Å². The van der Waals surface area contributed by atoms with Crippen molar-refractivity contribution in [3.8, 4) is 0 Å². The van der Waals surface area contributed by atoms with Crippen molar-refractivity contribution < 1.29 is 31.5 Å². The lowest BCUT2D eigenvalue weighted by Crippen LogP contribution is -1.99. The summed E-state index contributed by atoms with van der Waals surface area (Å²) in [4.78, 5) is 21.3. The molecule has 0 atom stereocenters. The number of carbonyl (C=O) groups is 2. The van der Waals surface area contributed by atoms with Gasteiger partial charge in [0.1, 0.15) is 0 Å². The van der Waals surface area contributed by atoms with Crippen LogP contribution in [0.2, 0.25) is 0 Å². The second-order valence-corrected chi connectivity index (χ2v) is 9.18. The van der Waals surface area contributed by atoms with Crippen molar-refractivity contribution in [1.29, 1.82) is 0 Å². The van der Waals surface area contributed by atoms with Gasteiger partial charge in [0.05, 0.1) is 15.4 Å². The van der Waals surface area contributed by atoms with E-state index < -0.39 is 30.9 Å². The van der Waals surface area contributed by atoms with Gasteiger partial charge in [-0.25, -0.2) is 21.6 Å². The van der Waals surface area contributed by atoms with Crippen molar-refractivity contribution in [3.05, 3.63) is 83.6 Å². The van der Waals surface area contributed by atoms with Crippen LogP contribution in [0.15, 0.2) is 82.3 Å². The van der Waals surface area contributed by atoms with E-state index in [0.29, 0.717) is 0 Å². The standard InChI is InChI=1S/C9H7ClO3S.C9H8O4S/c2*1-2-14(12,13)8-5-3-7(4-6-8)9(10)11/h2-6H,1H2;2-6H,1H2,(H,10,11). The maximum atomic E-state index is 11.2. The molecule has 0 saturated carbocycles. The highest BCUT2D eigenvalue weighted by Gasteiger charge is 2.11. The highest BCUT2D eigenvalue weighted by molar-refractivity contribution is 7.94. The Labute approximate surface area is 167 Å². The van der Waals surface area contributed by atoms with Gasteiger partial charge >= 0.3 is 5.97 Å². The molecule has 0 fully saturated rings. The molecule has 2 rings (SSSR count). The third-order valence-corrected chi connectivity index (χ3v) is 6.23. The Kier molecular flexibility index (Phi) is 7.86. The van der Waals surface area contributed by atoms with E-state index in [1.54, 1.807) is 0 Å². The Hall–Kier alpha value is -2.75. The Bertz CT molecular complexity index is 1010. The van der Waals surface area contributed by atoms with Gasteiger partial charge in [0.15, 0.2) is 19.7 Å². The summed E-state index contributed by atoms with van der Waals surface area (Å²) in [5.41, 5.74) is 0.308. The maximum absolute atomic E-state index is 11.2. The summed E-state index contributed by atoms with van der Waals surface area (Å²) >= 11 is 5.20. The van der Waals surface area contributed by atoms with E-state index >= 15 is 0 Å². The number of carboxylic acid groups (broad SMARTS) is 1. The van der Waals surface area contributed by atoms with Gasteiger partial charge in [-0.15, -0.1) is 0 Å². The molecule has 0 radical (unpaired) electrons. The first-order valence-corrected chi connectivity index (χ1v) is 10.8. The van der Waals surface area contributed by atoms with E-state index in [1.807, 2.05) is 0 Å². The zero-order valence-electron chi connectivity index (χ0n) is 14.3. The number of hydrogen-bond donors (Lipinski definition) is 1. The summed E-state index contributed by atoms with van der Waals surface area (Å²) in [5, 5.41) is 9.62. The molecule has 0 aliphatic rings. The lowest BCUT2D eigenvalue weighted by molar-refractivity contribution is 0.0696. The number of carbonyl (C=O) groups excluding carboxylic acids is 1. The fraction of sp³-hybridized carbons (Fsp3) is 0. The van der Waals surface area contributed by atoms with Gasteiger partial charge in [-0.1, -0.05) is 13.2 Å². The molecule has 2 aromatic carbocycles. The molecule has 1 N–H and O–H groups in total. The van der Waals surface area contributed by atoms with Crippen LogP contribution in [0.25, 0.3) is 0 Å². The van der Waals surface area contributed by atoms with Gasteiger partial charge in [0.25, 0.3) is 5.24 Å². The smallest absolute Gasteiger partial charge is 0.335 e. The van der Waals surface area contributed by atoms with E-state index in [9.17, 15) is 26.4 Å². The first-order chi connectivity index (χ1) is 12.9. The zero-order valence-corrected chi connectivity index (χ0v) is 16.7. The molecule has 0 unspecified atom stereocenters. The van der Waals surface area contributed by atoms with Crippen LogP contribution in [-0.4, -0.2) is 33.2 Å². The summed E-state index contributed by atoms with van der Waals surface area (Å²) in [6.45, 7) is 6.35. The molecule has 10 heteroatoms. The summed E-state index contributed by atoms with van der Waals surface area (Å²) in [7, 11) is -6.90. The molecule has 0 bridgehead atoms. The summed E-state index contributed by atoms with van der Waals surface area (Å²) < 4.78 is 44.9. The average molecular weight is 443 g/mol. The Morgan fingerprint density at radius 1 is 0.750 bits per heavy atom. The molecule has 0 amide bonds.